The zero-order valence-electron chi connectivity index (χ0n) is 12.4. The van der Waals surface area contributed by atoms with Gasteiger partial charge in [-0.3, -0.25) is 4.79 Å². The molecular weight excluding hydrogens is 280 g/mol. The second kappa shape index (κ2) is 5.89. The number of fused-ring (bicyclic) bond motifs is 1. The van der Waals surface area contributed by atoms with Crippen LogP contribution < -0.4 is 14.9 Å². The standard InChI is InChI=1S/C17H16N2O3/c1-11-3-5-14(12(2)7-11)17(20)19-18-9-13-4-6-15-16(8-13)22-10-21-15/h3-9H,10H2,1-2H3,(H,19,20)/b18-9-. The zero-order chi connectivity index (χ0) is 15.5. The predicted molar refractivity (Wildman–Crippen MR) is 83.5 cm³/mol. The fraction of sp³-hybridized carbons (Fsp3) is 0.176. The molecule has 0 bridgehead atoms. The fourth-order valence-corrected chi connectivity index (χ4v) is 2.29. The summed E-state index contributed by atoms with van der Waals surface area (Å²) in [5.41, 5.74) is 6.03. The molecule has 2 aromatic carbocycles. The average molecular weight is 296 g/mol. The van der Waals surface area contributed by atoms with Crippen LogP contribution in [0.1, 0.15) is 27.0 Å². The molecule has 5 heteroatoms. The highest BCUT2D eigenvalue weighted by Gasteiger charge is 2.12. The van der Waals surface area contributed by atoms with E-state index in [1.54, 1.807) is 12.3 Å². The van der Waals surface area contributed by atoms with Crippen LogP contribution in [0.2, 0.25) is 0 Å². The summed E-state index contributed by atoms with van der Waals surface area (Å²) in [6.07, 6.45) is 1.57. The Bertz CT molecular complexity index is 754. The van der Waals surface area contributed by atoms with E-state index < -0.39 is 0 Å². The maximum Gasteiger partial charge on any atom is 0.271 e. The summed E-state index contributed by atoms with van der Waals surface area (Å²) in [7, 11) is 0. The van der Waals surface area contributed by atoms with Crippen LogP contribution >= 0.6 is 0 Å². The van der Waals surface area contributed by atoms with Crippen LogP contribution in [0.5, 0.6) is 11.5 Å². The SMILES string of the molecule is Cc1ccc(C(=O)N/N=C\c2ccc3c(c2)OCO3)c(C)c1. The Hall–Kier alpha value is -2.82. The number of carbonyl (C=O) groups is 1. The van der Waals surface area contributed by atoms with Crippen LogP contribution in [-0.2, 0) is 0 Å². The molecule has 1 heterocycles. The van der Waals surface area contributed by atoms with Gasteiger partial charge in [0.2, 0.25) is 6.79 Å². The maximum atomic E-state index is 12.1. The lowest BCUT2D eigenvalue weighted by molar-refractivity contribution is 0.0954. The number of rotatable bonds is 3. The predicted octanol–water partition coefficient (Wildman–Crippen LogP) is 2.80. The van der Waals surface area contributed by atoms with E-state index in [4.69, 9.17) is 9.47 Å². The molecule has 5 nitrogen and oxygen atoms in total. The van der Waals surface area contributed by atoms with E-state index in [0.717, 1.165) is 22.4 Å². The van der Waals surface area contributed by atoms with E-state index in [1.807, 2.05) is 44.2 Å². The number of amides is 1. The van der Waals surface area contributed by atoms with Crippen molar-refractivity contribution in [3.05, 3.63) is 58.7 Å². The first-order valence-electron chi connectivity index (χ1n) is 6.94. The topological polar surface area (TPSA) is 59.9 Å². The number of carbonyl (C=O) groups excluding carboxylic acids is 1. The number of benzene rings is 2. The van der Waals surface area contributed by atoms with Crippen molar-refractivity contribution in [2.45, 2.75) is 13.8 Å². The van der Waals surface area contributed by atoms with E-state index in [1.165, 1.54) is 0 Å². The largest absolute Gasteiger partial charge is 0.454 e. The molecule has 112 valence electrons. The first-order valence-corrected chi connectivity index (χ1v) is 6.94. The smallest absolute Gasteiger partial charge is 0.271 e. The highest BCUT2D eigenvalue weighted by atomic mass is 16.7. The molecule has 0 spiro atoms. The van der Waals surface area contributed by atoms with Crippen molar-refractivity contribution >= 4 is 12.1 Å². The molecule has 22 heavy (non-hydrogen) atoms. The molecule has 0 aromatic heterocycles. The third-order valence-corrected chi connectivity index (χ3v) is 3.40. The third-order valence-electron chi connectivity index (χ3n) is 3.40. The summed E-state index contributed by atoms with van der Waals surface area (Å²) >= 11 is 0. The van der Waals surface area contributed by atoms with E-state index >= 15 is 0 Å². The van der Waals surface area contributed by atoms with Gasteiger partial charge in [-0.15, -0.1) is 0 Å². The van der Waals surface area contributed by atoms with Gasteiger partial charge in [0.05, 0.1) is 6.21 Å². The molecule has 2 aromatic rings. The van der Waals surface area contributed by atoms with E-state index in [-0.39, 0.29) is 12.7 Å². The van der Waals surface area contributed by atoms with Gasteiger partial charge in [0.25, 0.3) is 5.91 Å². The van der Waals surface area contributed by atoms with E-state index in [9.17, 15) is 4.79 Å². The molecule has 0 saturated heterocycles. The van der Waals surface area contributed by atoms with Crippen LogP contribution in [0.15, 0.2) is 41.5 Å². The van der Waals surface area contributed by atoms with Crippen molar-refractivity contribution in [1.82, 2.24) is 5.43 Å². The number of nitrogens with zero attached hydrogens (tertiary/aromatic N) is 1. The molecule has 1 aliphatic rings. The summed E-state index contributed by atoms with van der Waals surface area (Å²) < 4.78 is 10.5. The van der Waals surface area contributed by atoms with Gasteiger partial charge in [0.1, 0.15) is 0 Å². The second-order valence-electron chi connectivity index (χ2n) is 5.13. The normalized spacial score (nSPS) is 12.6. The number of hydrogen-bond donors (Lipinski definition) is 1. The highest BCUT2D eigenvalue weighted by Crippen LogP contribution is 2.31. The fourth-order valence-electron chi connectivity index (χ4n) is 2.29. The molecule has 1 aliphatic heterocycles. The van der Waals surface area contributed by atoms with Crippen molar-refractivity contribution in [1.29, 1.82) is 0 Å². The number of hydrazone groups is 1. The lowest BCUT2D eigenvalue weighted by atomic mass is 10.1. The van der Waals surface area contributed by atoms with Crippen LogP contribution in [0.25, 0.3) is 0 Å². The van der Waals surface area contributed by atoms with Crippen LogP contribution in [0, 0.1) is 13.8 Å². The molecule has 0 saturated carbocycles. The summed E-state index contributed by atoms with van der Waals surface area (Å²) in [6, 6.07) is 11.2. The molecule has 0 fully saturated rings. The maximum absolute atomic E-state index is 12.1. The van der Waals surface area contributed by atoms with Gasteiger partial charge >= 0.3 is 0 Å². The van der Waals surface area contributed by atoms with Gasteiger partial charge in [0, 0.05) is 5.56 Å². The second-order valence-corrected chi connectivity index (χ2v) is 5.13. The first kappa shape index (κ1) is 14.1. The average Bonchev–Trinajstić information content (AvgIpc) is 2.94. The molecule has 0 aliphatic carbocycles. The van der Waals surface area contributed by atoms with Crippen LogP contribution in [-0.4, -0.2) is 18.9 Å². The lowest BCUT2D eigenvalue weighted by Gasteiger charge is -2.05. The van der Waals surface area contributed by atoms with Gasteiger partial charge in [-0.25, -0.2) is 5.43 Å². The molecule has 0 radical (unpaired) electrons. The summed E-state index contributed by atoms with van der Waals surface area (Å²) in [5, 5.41) is 3.99. The minimum absolute atomic E-state index is 0.227. The van der Waals surface area contributed by atoms with Crippen molar-refractivity contribution in [2.24, 2.45) is 5.10 Å². The van der Waals surface area contributed by atoms with Crippen molar-refractivity contribution in [3.8, 4) is 11.5 Å². The molecular formula is C17H16N2O3. The molecule has 1 N–H and O–H groups in total. The molecule has 0 atom stereocenters. The summed E-state index contributed by atoms with van der Waals surface area (Å²) in [6.45, 7) is 4.13. The number of aryl methyl sites for hydroxylation is 2. The van der Waals surface area contributed by atoms with E-state index in [2.05, 4.69) is 10.5 Å². The Morgan fingerprint density at radius 2 is 1.95 bits per heavy atom. The first-order chi connectivity index (χ1) is 10.6. The summed E-state index contributed by atoms with van der Waals surface area (Å²) in [5.74, 6) is 1.18. The number of ether oxygens (including phenoxy) is 2. The minimum Gasteiger partial charge on any atom is -0.454 e. The Morgan fingerprint density at radius 1 is 1.14 bits per heavy atom. The minimum atomic E-state index is -0.227. The van der Waals surface area contributed by atoms with Crippen molar-refractivity contribution in [2.75, 3.05) is 6.79 Å². The Kier molecular flexibility index (Phi) is 3.78. The van der Waals surface area contributed by atoms with Gasteiger partial charge in [-0.2, -0.15) is 5.10 Å². The van der Waals surface area contributed by atoms with Gasteiger partial charge in [0.15, 0.2) is 11.5 Å². The molecule has 1 amide bonds. The molecule has 0 unspecified atom stereocenters. The molecule has 3 rings (SSSR count). The van der Waals surface area contributed by atoms with Crippen molar-refractivity contribution < 1.29 is 14.3 Å². The van der Waals surface area contributed by atoms with Crippen LogP contribution in [0.4, 0.5) is 0 Å². The Balaban J connectivity index is 1.68. The van der Waals surface area contributed by atoms with Gasteiger partial charge in [-0.05, 0) is 49.2 Å². The summed E-state index contributed by atoms with van der Waals surface area (Å²) in [4.78, 5) is 12.1. The monoisotopic (exact) mass is 296 g/mol. The number of hydrogen-bond acceptors (Lipinski definition) is 4. The third kappa shape index (κ3) is 2.93. The Morgan fingerprint density at radius 3 is 2.77 bits per heavy atom. The van der Waals surface area contributed by atoms with Gasteiger partial charge < -0.3 is 9.47 Å². The van der Waals surface area contributed by atoms with E-state index in [0.29, 0.717) is 11.3 Å². The lowest BCUT2D eigenvalue weighted by Crippen LogP contribution is -2.18. The highest BCUT2D eigenvalue weighted by molar-refractivity contribution is 5.96. The quantitative estimate of drug-likeness (QED) is 0.700. The number of nitrogens with one attached hydrogen (secondary N) is 1. The van der Waals surface area contributed by atoms with Crippen molar-refractivity contribution in [3.63, 3.8) is 0 Å². The van der Waals surface area contributed by atoms with Gasteiger partial charge in [-0.1, -0.05) is 17.7 Å². The zero-order valence-corrected chi connectivity index (χ0v) is 12.4. The van der Waals surface area contributed by atoms with Crippen LogP contribution in [0.3, 0.4) is 0 Å². The Labute approximate surface area is 128 Å².